The zero-order chi connectivity index (χ0) is 12.8. The average Bonchev–Trinajstić information content (AvgIpc) is 2.13. The molecule has 0 heterocycles. The Bertz CT molecular complexity index is 702. The van der Waals surface area contributed by atoms with Crippen LogP contribution in [0.5, 0.6) is 5.75 Å². The van der Waals surface area contributed by atoms with Gasteiger partial charge >= 0.3 is 0 Å². The van der Waals surface area contributed by atoms with Gasteiger partial charge < -0.3 is 5.11 Å². The van der Waals surface area contributed by atoms with Crippen LogP contribution in [0.1, 0.15) is 11.1 Å². The van der Waals surface area contributed by atoms with E-state index in [9.17, 15) is 13.5 Å². The minimum Gasteiger partial charge on any atom is -0.507 e. The van der Waals surface area contributed by atoms with Crippen molar-refractivity contribution in [2.24, 2.45) is 0 Å². The molecule has 90 valence electrons. The van der Waals surface area contributed by atoms with E-state index in [1.54, 1.807) is 6.07 Å². The number of aryl methyl sites for hydroxylation is 2. The minimum absolute atomic E-state index is 0.146. The summed E-state index contributed by atoms with van der Waals surface area (Å²) in [5.74, 6) is -0.146. The van der Waals surface area contributed by atoms with Gasteiger partial charge in [0.05, 0.1) is 4.90 Å². The Morgan fingerprint density at radius 3 is 2.29 bits per heavy atom. The Balaban J connectivity index is 2.92. The van der Waals surface area contributed by atoms with Gasteiger partial charge in [-0.2, -0.15) is 8.42 Å². The monoisotopic (exact) mass is 252 g/mol. The van der Waals surface area contributed by atoms with E-state index in [4.69, 9.17) is 4.55 Å². The largest absolute Gasteiger partial charge is 0.507 e. The average molecular weight is 252 g/mol. The predicted octanol–water partition coefficient (Wildman–Crippen LogP) is 2.41. The smallest absolute Gasteiger partial charge is 0.294 e. The molecule has 5 heteroatoms. The molecule has 0 aromatic heterocycles. The van der Waals surface area contributed by atoms with Crippen molar-refractivity contribution in [1.82, 2.24) is 0 Å². The third-order valence-corrected chi connectivity index (χ3v) is 3.47. The van der Waals surface area contributed by atoms with Crippen LogP contribution < -0.4 is 0 Å². The predicted molar refractivity (Wildman–Crippen MR) is 64.9 cm³/mol. The van der Waals surface area contributed by atoms with Crippen LogP contribution in [0, 0.1) is 13.8 Å². The number of phenols is 1. The first kappa shape index (κ1) is 11.9. The lowest BCUT2D eigenvalue weighted by atomic mass is 10.0. The van der Waals surface area contributed by atoms with Crippen molar-refractivity contribution in [3.63, 3.8) is 0 Å². The fourth-order valence-corrected chi connectivity index (χ4v) is 2.55. The highest BCUT2D eigenvalue weighted by Crippen LogP contribution is 2.31. The molecule has 0 unspecified atom stereocenters. The molecule has 0 amide bonds. The van der Waals surface area contributed by atoms with Crippen LogP contribution >= 0.6 is 0 Å². The molecule has 0 aliphatic carbocycles. The van der Waals surface area contributed by atoms with Crippen molar-refractivity contribution in [1.29, 1.82) is 0 Å². The Labute approximate surface area is 99.3 Å². The van der Waals surface area contributed by atoms with Gasteiger partial charge in [-0.15, -0.1) is 0 Å². The highest BCUT2D eigenvalue weighted by atomic mass is 32.2. The second-order valence-electron chi connectivity index (χ2n) is 4.10. The van der Waals surface area contributed by atoms with Gasteiger partial charge in [0.15, 0.2) is 0 Å². The molecular weight excluding hydrogens is 240 g/mol. The Morgan fingerprint density at radius 2 is 1.71 bits per heavy atom. The van der Waals surface area contributed by atoms with Crippen LogP contribution in [-0.2, 0) is 10.1 Å². The second kappa shape index (κ2) is 3.72. The maximum atomic E-state index is 11.0. The van der Waals surface area contributed by atoms with Gasteiger partial charge in [0, 0.05) is 11.5 Å². The van der Waals surface area contributed by atoms with Gasteiger partial charge in [-0.05, 0) is 30.9 Å². The summed E-state index contributed by atoms with van der Waals surface area (Å²) in [4.78, 5) is -0.299. The Hall–Kier alpha value is -1.59. The summed E-state index contributed by atoms with van der Waals surface area (Å²) >= 11 is 0. The van der Waals surface area contributed by atoms with E-state index in [0.29, 0.717) is 10.8 Å². The molecule has 0 atom stereocenters. The van der Waals surface area contributed by atoms with Crippen LogP contribution in [0.25, 0.3) is 10.8 Å². The van der Waals surface area contributed by atoms with Gasteiger partial charge in [-0.3, -0.25) is 4.55 Å². The summed E-state index contributed by atoms with van der Waals surface area (Å²) in [5.41, 5.74) is 1.82. The molecule has 0 bridgehead atoms. The fourth-order valence-electron chi connectivity index (χ4n) is 2.01. The van der Waals surface area contributed by atoms with Crippen molar-refractivity contribution < 1.29 is 18.1 Å². The third-order valence-electron chi connectivity index (χ3n) is 2.64. The van der Waals surface area contributed by atoms with Crippen molar-refractivity contribution in [3.05, 3.63) is 35.4 Å². The summed E-state index contributed by atoms with van der Waals surface area (Å²) in [6.45, 7) is 3.71. The van der Waals surface area contributed by atoms with E-state index in [1.807, 2.05) is 19.9 Å². The highest BCUT2D eigenvalue weighted by molar-refractivity contribution is 7.85. The van der Waals surface area contributed by atoms with Crippen LogP contribution in [0.15, 0.2) is 29.2 Å². The molecule has 0 saturated heterocycles. The lowest BCUT2D eigenvalue weighted by Crippen LogP contribution is -1.98. The summed E-state index contributed by atoms with van der Waals surface area (Å²) in [6.07, 6.45) is 0. The SMILES string of the molecule is Cc1cc(C)c2c(O)cc(S(=O)(=O)O)cc2c1. The third kappa shape index (κ3) is 2.11. The topological polar surface area (TPSA) is 74.6 Å². The number of rotatable bonds is 1. The molecule has 2 aromatic carbocycles. The molecular formula is C12H12O4S. The maximum absolute atomic E-state index is 11.0. The van der Waals surface area contributed by atoms with Gasteiger partial charge in [0.2, 0.25) is 0 Å². The molecule has 0 spiro atoms. The van der Waals surface area contributed by atoms with Crippen LogP contribution in [0.2, 0.25) is 0 Å². The molecule has 0 aliphatic heterocycles. The van der Waals surface area contributed by atoms with E-state index in [2.05, 4.69) is 0 Å². The fraction of sp³-hybridized carbons (Fsp3) is 0.167. The number of phenolic OH excluding ortho intramolecular Hbond substituents is 1. The number of aromatic hydroxyl groups is 1. The second-order valence-corrected chi connectivity index (χ2v) is 5.52. The van der Waals surface area contributed by atoms with E-state index in [1.165, 1.54) is 6.07 Å². The molecule has 2 rings (SSSR count). The highest BCUT2D eigenvalue weighted by Gasteiger charge is 2.14. The normalized spacial score (nSPS) is 11.9. The maximum Gasteiger partial charge on any atom is 0.294 e. The summed E-state index contributed by atoms with van der Waals surface area (Å²) in [6, 6.07) is 6.07. The molecule has 0 saturated carbocycles. The lowest BCUT2D eigenvalue weighted by Gasteiger charge is -2.08. The van der Waals surface area contributed by atoms with E-state index < -0.39 is 10.1 Å². The summed E-state index contributed by atoms with van der Waals surface area (Å²) in [7, 11) is -4.30. The van der Waals surface area contributed by atoms with Crippen molar-refractivity contribution >= 4 is 20.9 Å². The zero-order valence-electron chi connectivity index (χ0n) is 9.43. The molecule has 2 aromatic rings. The number of hydrogen-bond acceptors (Lipinski definition) is 3. The summed E-state index contributed by atoms with van der Waals surface area (Å²) in [5, 5.41) is 11.0. The number of hydrogen-bond donors (Lipinski definition) is 2. The van der Waals surface area contributed by atoms with Gasteiger partial charge in [0.1, 0.15) is 5.75 Å². The zero-order valence-corrected chi connectivity index (χ0v) is 10.2. The first-order valence-corrected chi connectivity index (χ1v) is 6.44. The van der Waals surface area contributed by atoms with Crippen molar-refractivity contribution in [2.45, 2.75) is 18.7 Å². The van der Waals surface area contributed by atoms with Crippen LogP contribution in [-0.4, -0.2) is 18.1 Å². The van der Waals surface area contributed by atoms with Gasteiger partial charge in [0.25, 0.3) is 10.1 Å². The molecule has 0 fully saturated rings. The van der Waals surface area contributed by atoms with E-state index in [0.717, 1.165) is 17.2 Å². The minimum atomic E-state index is -4.30. The van der Waals surface area contributed by atoms with E-state index >= 15 is 0 Å². The van der Waals surface area contributed by atoms with Crippen molar-refractivity contribution in [2.75, 3.05) is 0 Å². The van der Waals surface area contributed by atoms with Crippen LogP contribution in [0.4, 0.5) is 0 Å². The van der Waals surface area contributed by atoms with Gasteiger partial charge in [-0.1, -0.05) is 17.7 Å². The number of fused-ring (bicyclic) bond motifs is 1. The van der Waals surface area contributed by atoms with Crippen LogP contribution in [0.3, 0.4) is 0 Å². The molecule has 4 nitrogen and oxygen atoms in total. The quantitative estimate of drug-likeness (QED) is 0.764. The molecule has 0 aliphatic rings. The van der Waals surface area contributed by atoms with Crippen molar-refractivity contribution in [3.8, 4) is 5.75 Å². The van der Waals surface area contributed by atoms with E-state index in [-0.39, 0.29) is 10.6 Å². The first-order chi connectivity index (χ1) is 7.79. The Kier molecular flexibility index (Phi) is 2.60. The van der Waals surface area contributed by atoms with Gasteiger partial charge in [-0.25, -0.2) is 0 Å². The molecule has 2 N–H and O–H groups in total. The lowest BCUT2D eigenvalue weighted by molar-refractivity contribution is 0.470. The molecule has 17 heavy (non-hydrogen) atoms. The standard InChI is InChI=1S/C12H12O4S/c1-7-3-8(2)12-9(4-7)5-10(6-11(12)13)17(14,15)16/h3-6,13H,1-2H3,(H,14,15,16). The molecule has 0 radical (unpaired) electrons. The number of benzene rings is 2. The first-order valence-electron chi connectivity index (χ1n) is 5.00. The Morgan fingerprint density at radius 1 is 1.06 bits per heavy atom. The summed E-state index contributed by atoms with van der Waals surface area (Å²) < 4.78 is 31.1.